The summed E-state index contributed by atoms with van der Waals surface area (Å²) in [6, 6.07) is 16.1. The van der Waals surface area contributed by atoms with Crippen LogP contribution in [0, 0.1) is 0 Å². The number of nitrogens with zero attached hydrogens (tertiary/aromatic N) is 1. The Labute approximate surface area is 179 Å². The quantitative estimate of drug-likeness (QED) is 0.379. The molecule has 1 amide bonds. The van der Waals surface area contributed by atoms with Crippen LogP contribution < -0.4 is 5.32 Å². The highest BCUT2D eigenvalue weighted by atomic mass is 35.5. The van der Waals surface area contributed by atoms with E-state index in [9.17, 15) is 18.0 Å². The monoisotopic (exact) mass is 448 g/mol. The number of fused-ring (bicyclic) bond motifs is 1. The zero-order valence-electron chi connectivity index (χ0n) is 15.5. The first kappa shape index (κ1) is 20.5. The molecule has 4 rings (SSSR count). The molecule has 0 saturated carbocycles. The van der Waals surface area contributed by atoms with Gasteiger partial charge in [0.25, 0.3) is 5.91 Å². The van der Waals surface area contributed by atoms with E-state index in [0.29, 0.717) is 22.8 Å². The van der Waals surface area contributed by atoms with E-state index in [-0.39, 0.29) is 12.5 Å². The van der Waals surface area contributed by atoms with Gasteiger partial charge in [0.15, 0.2) is 0 Å². The van der Waals surface area contributed by atoms with Gasteiger partial charge in [-0.25, -0.2) is 0 Å². The van der Waals surface area contributed by atoms with Crippen LogP contribution in [0.25, 0.3) is 10.2 Å². The number of alkyl halides is 3. The molecule has 3 nitrogen and oxygen atoms in total. The number of amides is 1. The van der Waals surface area contributed by atoms with Crippen molar-refractivity contribution in [2.75, 3.05) is 0 Å². The van der Waals surface area contributed by atoms with Gasteiger partial charge in [0.05, 0.1) is 15.8 Å². The molecule has 4 aromatic rings. The zero-order valence-corrected chi connectivity index (χ0v) is 17.1. The Balaban J connectivity index is 1.57. The third-order valence-corrected chi connectivity index (χ3v) is 5.78. The fourth-order valence-electron chi connectivity index (χ4n) is 3.28. The maximum absolute atomic E-state index is 12.9. The Bertz CT molecular complexity index is 1210. The van der Waals surface area contributed by atoms with Crippen LogP contribution in [-0.4, -0.2) is 10.5 Å². The van der Waals surface area contributed by atoms with Crippen molar-refractivity contribution in [2.45, 2.75) is 19.3 Å². The molecule has 30 heavy (non-hydrogen) atoms. The fourth-order valence-corrected chi connectivity index (χ4v) is 4.32. The van der Waals surface area contributed by atoms with Crippen LogP contribution in [0.15, 0.2) is 66.0 Å². The van der Waals surface area contributed by atoms with E-state index < -0.39 is 11.7 Å². The molecule has 0 saturated heterocycles. The molecule has 0 aliphatic carbocycles. The summed E-state index contributed by atoms with van der Waals surface area (Å²) < 4.78 is 41.6. The van der Waals surface area contributed by atoms with Gasteiger partial charge in [-0.15, -0.1) is 11.3 Å². The van der Waals surface area contributed by atoms with E-state index >= 15 is 0 Å². The van der Waals surface area contributed by atoms with Gasteiger partial charge in [-0.05, 0) is 52.9 Å². The van der Waals surface area contributed by atoms with Crippen LogP contribution in [0.4, 0.5) is 13.2 Å². The summed E-state index contributed by atoms with van der Waals surface area (Å²) in [5.74, 6) is -0.349. The second-order valence-electron chi connectivity index (χ2n) is 6.80. The Morgan fingerprint density at radius 2 is 1.80 bits per heavy atom. The Kier molecular flexibility index (Phi) is 5.58. The van der Waals surface area contributed by atoms with Gasteiger partial charge < -0.3 is 9.88 Å². The van der Waals surface area contributed by atoms with Gasteiger partial charge in [-0.3, -0.25) is 4.79 Å². The molecule has 1 N–H and O–H groups in total. The molecule has 2 aromatic heterocycles. The number of halogens is 4. The molecule has 8 heteroatoms. The molecule has 0 unspecified atom stereocenters. The standard InChI is InChI=1S/C22H16ClF3N2OS/c23-17-6-2-4-15(10-17)13-28-18-7-8-30-20(18)11-19(28)21(29)27-12-14-3-1-5-16(9-14)22(24,25)26/h1-11H,12-13H2,(H,27,29). The molecule has 0 aliphatic heterocycles. The van der Waals surface area contributed by atoms with Crippen LogP contribution in [0.2, 0.25) is 5.02 Å². The lowest BCUT2D eigenvalue weighted by Gasteiger charge is -2.12. The highest BCUT2D eigenvalue weighted by molar-refractivity contribution is 7.17. The number of aromatic nitrogens is 1. The van der Waals surface area contributed by atoms with E-state index in [1.165, 1.54) is 17.4 Å². The summed E-state index contributed by atoms with van der Waals surface area (Å²) in [6.07, 6.45) is -4.42. The predicted octanol–water partition coefficient (Wildman–Crippen LogP) is 6.35. The second-order valence-corrected chi connectivity index (χ2v) is 8.18. The molecule has 154 valence electrons. The largest absolute Gasteiger partial charge is 0.416 e. The van der Waals surface area contributed by atoms with Crippen molar-refractivity contribution in [3.63, 3.8) is 0 Å². The van der Waals surface area contributed by atoms with Crippen molar-refractivity contribution >= 4 is 39.1 Å². The van der Waals surface area contributed by atoms with Crippen LogP contribution in [-0.2, 0) is 19.3 Å². The molecule has 0 radical (unpaired) electrons. The third kappa shape index (κ3) is 4.37. The number of carbonyl (C=O) groups is 1. The minimum atomic E-state index is -4.42. The summed E-state index contributed by atoms with van der Waals surface area (Å²) in [6.45, 7) is 0.450. The average molecular weight is 449 g/mol. The number of hydrogen-bond donors (Lipinski definition) is 1. The van der Waals surface area contributed by atoms with Gasteiger partial charge >= 0.3 is 6.18 Å². The molecule has 0 bridgehead atoms. The first-order valence-corrected chi connectivity index (χ1v) is 10.3. The fraction of sp³-hybridized carbons (Fsp3) is 0.136. The maximum Gasteiger partial charge on any atom is 0.416 e. The van der Waals surface area contributed by atoms with Crippen molar-refractivity contribution in [1.29, 1.82) is 0 Å². The number of thiophene rings is 1. The van der Waals surface area contributed by atoms with E-state index in [0.717, 1.165) is 27.9 Å². The van der Waals surface area contributed by atoms with Gasteiger partial charge in [0.2, 0.25) is 0 Å². The molecule has 0 fully saturated rings. The molecule has 0 aliphatic rings. The highest BCUT2D eigenvalue weighted by Crippen LogP contribution is 2.30. The second kappa shape index (κ2) is 8.16. The van der Waals surface area contributed by atoms with Gasteiger partial charge in [0.1, 0.15) is 5.69 Å². The summed E-state index contributed by atoms with van der Waals surface area (Å²) in [4.78, 5) is 12.9. The van der Waals surface area contributed by atoms with E-state index in [1.54, 1.807) is 18.2 Å². The molecule has 2 aromatic carbocycles. The lowest BCUT2D eigenvalue weighted by atomic mass is 10.1. The normalized spacial score (nSPS) is 11.7. The molecule has 2 heterocycles. The number of hydrogen-bond acceptors (Lipinski definition) is 2. The topological polar surface area (TPSA) is 34.0 Å². The minimum Gasteiger partial charge on any atom is -0.347 e. The average Bonchev–Trinajstić information content (AvgIpc) is 3.28. The first-order chi connectivity index (χ1) is 14.3. The Morgan fingerprint density at radius 3 is 2.57 bits per heavy atom. The summed E-state index contributed by atoms with van der Waals surface area (Å²) in [5, 5.41) is 5.29. The van der Waals surface area contributed by atoms with Crippen molar-refractivity contribution in [3.8, 4) is 0 Å². The van der Waals surface area contributed by atoms with Crippen molar-refractivity contribution in [2.24, 2.45) is 0 Å². The summed E-state index contributed by atoms with van der Waals surface area (Å²) in [5.41, 5.74) is 1.96. The number of rotatable bonds is 5. The Morgan fingerprint density at radius 1 is 1.03 bits per heavy atom. The first-order valence-electron chi connectivity index (χ1n) is 9.07. The molecular weight excluding hydrogens is 433 g/mol. The van der Waals surface area contributed by atoms with E-state index in [2.05, 4.69) is 5.32 Å². The maximum atomic E-state index is 12.9. The molecule has 0 spiro atoms. The zero-order chi connectivity index (χ0) is 21.3. The van der Waals surface area contributed by atoms with Crippen LogP contribution in [0.3, 0.4) is 0 Å². The number of carbonyl (C=O) groups excluding carboxylic acids is 1. The van der Waals surface area contributed by atoms with Gasteiger partial charge in [-0.1, -0.05) is 35.9 Å². The number of benzene rings is 2. The smallest absolute Gasteiger partial charge is 0.347 e. The predicted molar refractivity (Wildman–Crippen MR) is 113 cm³/mol. The lowest BCUT2D eigenvalue weighted by molar-refractivity contribution is -0.137. The van der Waals surface area contributed by atoms with Gasteiger partial charge in [0, 0.05) is 18.1 Å². The Hall–Kier alpha value is -2.77. The molecular formula is C22H16ClF3N2OS. The van der Waals surface area contributed by atoms with Crippen LogP contribution in [0.5, 0.6) is 0 Å². The summed E-state index contributed by atoms with van der Waals surface area (Å²) in [7, 11) is 0. The minimum absolute atomic E-state index is 0.00124. The summed E-state index contributed by atoms with van der Waals surface area (Å²) >= 11 is 7.60. The van der Waals surface area contributed by atoms with Crippen molar-refractivity contribution in [3.05, 3.63) is 93.5 Å². The molecule has 0 atom stereocenters. The van der Waals surface area contributed by atoms with E-state index in [4.69, 9.17) is 11.6 Å². The third-order valence-electron chi connectivity index (χ3n) is 4.69. The highest BCUT2D eigenvalue weighted by Gasteiger charge is 2.30. The SMILES string of the molecule is O=C(NCc1cccc(C(F)(F)F)c1)c1cc2sccc2n1Cc1cccc(Cl)c1. The van der Waals surface area contributed by atoms with Crippen molar-refractivity contribution < 1.29 is 18.0 Å². The van der Waals surface area contributed by atoms with Crippen LogP contribution in [0.1, 0.15) is 27.2 Å². The van der Waals surface area contributed by atoms with Crippen molar-refractivity contribution in [1.82, 2.24) is 9.88 Å². The number of nitrogens with one attached hydrogen (secondary N) is 1. The van der Waals surface area contributed by atoms with Crippen LogP contribution >= 0.6 is 22.9 Å². The van der Waals surface area contributed by atoms with E-state index in [1.807, 2.05) is 34.2 Å². The van der Waals surface area contributed by atoms with Gasteiger partial charge in [-0.2, -0.15) is 13.2 Å². The lowest BCUT2D eigenvalue weighted by Crippen LogP contribution is -2.25.